The van der Waals surface area contributed by atoms with E-state index in [9.17, 15) is 4.79 Å². The summed E-state index contributed by atoms with van der Waals surface area (Å²) in [6, 6.07) is 0.226. The molecule has 1 saturated heterocycles. The van der Waals surface area contributed by atoms with Gasteiger partial charge in [0.1, 0.15) is 0 Å². The Balaban J connectivity index is 1.91. The topological polar surface area (TPSA) is 82.7 Å². The molecule has 0 bridgehead atoms. The summed E-state index contributed by atoms with van der Waals surface area (Å²) in [6.45, 7) is 1.80. The molecular formula is C7H11N5O. The highest BCUT2D eigenvalue weighted by Gasteiger charge is 2.18. The van der Waals surface area contributed by atoms with E-state index in [1.807, 2.05) is 0 Å². The Morgan fingerprint density at radius 2 is 2.62 bits per heavy atom. The van der Waals surface area contributed by atoms with Gasteiger partial charge in [-0.15, -0.1) is 0 Å². The maximum atomic E-state index is 11.4. The normalized spacial score (nSPS) is 21.7. The van der Waals surface area contributed by atoms with Crippen molar-refractivity contribution in [3.8, 4) is 0 Å². The van der Waals surface area contributed by atoms with Gasteiger partial charge in [-0.05, 0) is 13.0 Å². The SMILES string of the molecule is O=C(N[C@H]1CCNC1)c1cn[nH]n1. The number of hydrogen-bond acceptors (Lipinski definition) is 4. The quantitative estimate of drug-likeness (QED) is 0.540. The van der Waals surface area contributed by atoms with Crippen LogP contribution in [0.4, 0.5) is 0 Å². The van der Waals surface area contributed by atoms with E-state index in [0.29, 0.717) is 5.69 Å². The standard InChI is InChI=1S/C7H11N5O/c13-7(6-4-9-12-11-6)10-5-1-2-8-3-5/h4-5,8H,1-3H2,(H,10,13)(H,9,11,12)/t5-/m0/s1. The van der Waals surface area contributed by atoms with E-state index < -0.39 is 0 Å². The first kappa shape index (κ1) is 8.18. The Kier molecular flexibility index (Phi) is 2.22. The van der Waals surface area contributed by atoms with Crippen molar-refractivity contribution >= 4 is 5.91 Å². The fraction of sp³-hybridized carbons (Fsp3) is 0.571. The van der Waals surface area contributed by atoms with E-state index in [1.54, 1.807) is 0 Å². The molecule has 1 aliphatic rings. The first-order chi connectivity index (χ1) is 6.36. The molecule has 0 saturated carbocycles. The first-order valence-corrected chi connectivity index (χ1v) is 4.23. The summed E-state index contributed by atoms with van der Waals surface area (Å²) in [4.78, 5) is 11.4. The number of rotatable bonds is 2. The highest BCUT2D eigenvalue weighted by Crippen LogP contribution is 1.98. The van der Waals surface area contributed by atoms with Gasteiger partial charge in [0.25, 0.3) is 5.91 Å². The number of H-pyrrole nitrogens is 1. The van der Waals surface area contributed by atoms with Crippen LogP contribution in [0.25, 0.3) is 0 Å². The molecule has 3 N–H and O–H groups in total. The maximum Gasteiger partial charge on any atom is 0.273 e. The number of nitrogens with one attached hydrogen (secondary N) is 3. The molecule has 0 aromatic carbocycles. The van der Waals surface area contributed by atoms with Crippen LogP contribution in [0.2, 0.25) is 0 Å². The van der Waals surface area contributed by atoms with E-state index >= 15 is 0 Å². The third-order valence-corrected chi connectivity index (χ3v) is 2.04. The maximum absolute atomic E-state index is 11.4. The molecular weight excluding hydrogens is 170 g/mol. The Hall–Kier alpha value is -1.43. The molecule has 1 aromatic heterocycles. The van der Waals surface area contributed by atoms with Gasteiger partial charge in [0.2, 0.25) is 0 Å². The number of hydrogen-bond donors (Lipinski definition) is 3. The predicted molar refractivity (Wildman–Crippen MR) is 45.1 cm³/mol. The summed E-state index contributed by atoms with van der Waals surface area (Å²) in [5.41, 5.74) is 0.340. The van der Waals surface area contributed by atoms with Crippen molar-refractivity contribution in [2.24, 2.45) is 0 Å². The number of carbonyl (C=O) groups excluding carboxylic acids is 1. The lowest BCUT2D eigenvalue weighted by molar-refractivity contribution is 0.0935. The van der Waals surface area contributed by atoms with Gasteiger partial charge in [0, 0.05) is 12.6 Å². The summed E-state index contributed by atoms with van der Waals surface area (Å²) < 4.78 is 0. The molecule has 13 heavy (non-hydrogen) atoms. The summed E-state index contributed by atoms with van der Waals surface area (Å²) in [6.07, 6.45) is 2.39. The first-order valence-electron chi connectivity index (χ1n) is 4.23. The molecule has 1 aliphatic heterocycles. The fourth-order valence-electron chi connectivity index (χ4n) is 1.35. The molecule has 6 nitrogen and oxygen atoms in total. The van der Waals surface area contributed by atoms with Gasteiger partial charge < -0.3 is 10.6 Å². The second-order valence-electron chi connectivity index (χ2n) is 3.02. The number of aromatic nitrogens is 3. The van der Waals surface area contributed by atoms with Gasteiger partial charge in [-0.25, -0.2) is 0 Å². The van der Waals surface area contributed by atoms with Crippen molar-refractivity contribution in [1.82, 2.24) is 26.0 Å². The number of carbonyl (C=O) groups is 1. The van der Waals surface area contributed by atoms with E-state index in [1.165, 1.54) is 6.20 Å². The number of aromatic amines is 1. The Labute approximate surface area is 75.1 Å². The summed E-state index contributed by atoms with van der Waals surface area (Å²) in [5.74, 6) is -0.164. The van der Waals surface area contributed by atoms with Gasteiger partial charge >= 0.3 is 0 Å². The molecule has 6 heteroatoms. The summed E-state index contributed by atoms with van der Waals surface area (Å²) in [7, 11) is 0. The van der Waals surface area contributed by atoms with E-state index in [-0.39, 0.29) is 11.9 Å². The average molecular weight is 181 g/mol. The van der Waals surface area contributed by atoms with Crippen molar-refractivity contribution in [2.45, 2.75) is 12.5 Å². The zero-order valence-electron chi connectivity index (χ0n) is 7.08. The molecule has 1 atom stereocenters. The van der Waals surface area contributed by atoms with Crippen LogP contribution in [-0.4, -0.2) is 40.4 Å². The van der Waals surface area contributed by atoms with Gasteiger partial charge in [-0.3, -0.25) is 4.79 Å². The van der Waals surface area contributed by atoms with Crippen molar-refractivity contribution in [1.29, 1.82) is 0 Å². The van der Waals surface area contributed by atoms with Crippen LogP contribution in [-0.2, 0) is 0 Å². The van der Waals surface area contributed by atoms with Crippen molar-refractivity contribution in [3.63, 3.8) is 0 Å². The van der Waals surface area contributed by atoms with Gasteiger partial charge in [-0.1, -0.05) is 0 Å². The van der Waals surface area contributed by atoms with Crippen LogP contribution in [0.5, 0.6) is 0 Å². The third kappa shape index (κ3) is 1.83. The number of amides is 1. The van der Waals surface area contributed by atoms with E-state index in [4.69, 9.17) is 0 Å². The monoisotopic (exact) mass is 181 g/mol. The highest BCUT2D eigenvalue weighted by molar-refractivity contribution is 5.92. The van der Waals surface area contributed by atoms with Crippen LogP contribution in [0.3, 0.4) is 0 Å². The second kappa shape index (κ2) is 3.53. The largest absolute Gasteiger partial charge is 0.347 e. The molecule has 2 rings (SSSR count). The minimum absolute atomic E-state index is 0.164. The Bertz CT molecular complexity index is 277. The Morgan fingerprint density at radius 3 is 3.23 bits per heavy atom. The van der Waals surface area contributed by atoms with Crippen LogP contribution in [0, 0.1) is 0 Å². The van der Waals surface area contributed by atoms with Crippen molar-refractivity contribution < 1.29 is 4.79 Å². The summed E-state index contributed by atoms with van der Waals surface area (Å²) in [5, 5.41) is 15.7. The minimum Gasteiger partial charge on any atom is -0.347 e. The third-order valence-electron chi connectivity index (χ3n) is 2.04. The smallest absolute Gasteiger partial charge is 0.273 e. The fourth-order valence-corrected chi connectivity index (χ4v) is 1.35. The molecule has 0 unspecified atom stereocenters. The highest BCUT2D eigenvalue weighted by atomic mass is 16.2. The molecule has 1 amide bonds. The molecule has 1 aromatic rings. The number of nitrogens with zero attached hydrogens (tertiary/aromatic N) is 2. The van der Waals surface area contributed by atoms with Gasteiger partial charge in [0.05, 0.1) is 6.20 Å². The molecule has 0 aliphatic carbocycles. The lowest BCUT2D eigenvalue weighted by Gasteiger charge is -2.08. The molecule has 1 fully saturated rings. The molecule has 2 heterocycles. The van der Waals surface area contributed by atoms with E-state index in [0.717, 1.165) is 19.5 Å². The zero-order chi connectivity index (χ0) is 9.10. The minimum atomic E-state index is -0.164. The van der Waals surface area contributed by atoms with Crippen LogP contribution < -0.4 is 10.6 Å². The lowest BCUT2D eigenvalue weighted by Crippen LogP contribution is -2.36. The van der Waals surface area contributed by atoms with Crippen molar-refractivity contribution in [2.75, 3.05) is 13.1 Å². The average Bonchev–Trinajstić information content (AvgIpc) is 2.74. The van der Waals surface area contributed by atoms with Crippen LogP contribution >= 0.6 is 0 Å². The Morgan fingerprint density at radius 1 is 1.69 bits per heavy atom. The molecule has 0 spiro atoms. The predicted octanol–water partition coefficient (Wildman–Crippen LogP) is -1.10. The van der Waals surface area contributed by atoms with Gasteiger partial charge in [0.15, 0.2) is 5.69 Å². The lowest BCUT2D eigenvalue weighted by atomic mass is 10.2. The molecule has 70 valence electrons. The molecule has 0 radical (unpaired) electrons. The van der Waals surface area contributed by atoms with E-state index in [2.05, 4.69) is 26.0 Å². The van der Waals surface area contributed by atoms with Crippen molar-refractivity contribution in [3.05, 3.63) is 11.9 Å². The second-order valence-corrected chi connectivity index (χ2v) is 3.02. The summed E-state index contributed by atoms with van der Waals surface area (Å²) >= 11 is 0. The van der Waals surface area contributed by atoms with Crippen LogP contribution in [0.1, 0.15) is 16.9 Å². The van der Waals surface area contributed by atoms with Gasteiger partial charge in [-0.2, -0.15) is 15.4 Å². The van der Waals surface area contributed by atoms with Crippen LogP contribution in [0.15, 0.2) is 6.20 Å². The zero-order valence-corrected chi connectivity index (χ0v) is 7.08.